The van der Waals surface area contributed by atoms with Crippen LogP contribution >= 0.6 is 0 Å². The van der Waals surface area contributed by atoms with Gasteiger partial charge in [0.2, 0.25) is 0 Å². The maximum Gasteiger partial charge on any atom is 0.136 e. The summed E-state index contributed by atoms with van der Waals surface area (Å²) in [4.78, 5) is 2.28. The van der Waals surface area contributed by atoms with Crippen LogP contribution in [0.25, 0.3) is 16.9 Å². The van der Waals surface area contributed by atoms with Gasteiger partial charge in [0.1, 0.15) is 17.3 Å². The first-order chi connectivity index (χ1) is 13.6. The molecule has 1 fully saturated rings. The zero-order valence-electron chi connectivity index (χ0n) is 15.9. The molecule has 0 bridgehead atoms. The topological polar surface area (TPSA) is 50.5 Å². The lowest BCUT2D eigenvalue weighted by Gasteiger charge is -2.29. The Morgan fingerprint density at radius 1 is 1.14 bits per heavy atom. The quantitative estimate of drug-likeness (QED) is 0.733. The molecular weight excluding hydrogens is 357 g/mol. The van der Waals surface area contributed by atoms with Crippen molar-refractivity contribution < 1.29 is 14.2 Å². The smallest absolute Gasteiger partial charge is 0.136 e. The van der Waals surface area contributed by atoms with Gasteiger partial charge in [-0.15, -0.1) is 0 Å². The zero-order chi connectivity index (χ0) is 19.5. The summed E-state index contributed by atoms with van der Waals surface area (Å²) in [7, 11) is 1.52. The molecule has 0 spiro atoms. The van der Waals surface area contributed by atoms with Gasteiger partial charge < -0.3 is 9.84 Å². The molecule has 6 heteroatoms. The summed E-state index contributed by atoms with van der Waals surface area (Å²) in [6.45, 7) is 2.31. The molecule has 2 aromatic carbocycles. The highest BCUT2D eigenvalue weighted by Gasteiger charge is 2.21. The van der Waals surface area contributed by atoms with Gasteiger partial charge in [0, 0.05) is 43.0 Å². The van der Waals surface area contributed by atoms with E-state index in [1.165, 1.54) is 13.2 Å². The van der Waals surface area contributed by atoms with Gasteiger partial charge in [-0.3, -0.25) is 4.90 Å². The second-order valence-corrected chi connectivity index (χ2v) is 7.14. The fraction of sp³-hybridized carbons (Fsp3) is 0.318. The second kappa shape index (κ2) is 8.12. The summed E-state index contributed by atoms with van der Waals surface area (Å²) >= 11 is 0. The lowest BCUT2D eigenvalue weighted by Crippen LogP contribution is -2.35. The number of nitrogens with zero attached hydrogens (tertiary/aromatic N) is 3. The van der Waals surface area contributed by atoms with E-state index in [1.807, 2.05) is 36.5 Å². The Morgan fingerprint density at radius 2 is 1.89 bits per heavy atom. The maximum atomic E-state index is 14.8. The molecule has 1 N–H and O–H groups in total. The van der Waals surface area contributed by atoms with Crippen molar-refractivity contribution in [1.29, 1.82) is 0 Å². The lowest BCUT2D eigenvalue weighted by atomic mass is 10.0. The molecular formula is C22H24FN3O2. The number of likely N-dealkylation sites (tertiary alicyclic amines) is 1. The van der Waals surface area contributed by atoms with Crippen molar-refractivity contribution in [2.24, 2.45) is 0 Å². The molecule has 146 valence electrons. The molecule has 5 nitrogen and oxygen atoms in total. The summed E-state index contributed by atoms with van der Waals surface area (Å²) < 4.78 is 21.7. The van der Waals surface area contributed by atoms with Crippen LogP contribution in [-0.2, 0) is 6.54 Å². The first kappa shape index (κ1) is 18.7. The summed E-state index contributed by atoms with van der Waals surface area (Å²) in [5, 5.41) is 14.5. The number of aliphatic hydroxyl groups is 1. The van der Waals surface area contributed by atoms with Crippen LogP contribution in [0.4, 0.5) is 4.39 Å². The number of ether oxygens (including phenoxy) is 1. The van der Waals surface area contributed by atoms with E-state index >= 15 is 0 Å². The highest BCUT2D eigenvalue weighted by atomic mass is 19.1. The first-order valence-electron chi connectivity index (χ1n) is 9.52. The Hall–Kier alpha value is -2.70. The van der Waals surface area contributed by atoms with Crippen LogP contribution in [0, 0.1) is 5.82 Å². The first-order valence-corrected chi connectivity index (χ1v) is 9.52. The number of piperidine rings is 1. The summed E-state index contributed by atoms with van der Waals surface area (Å²) in [5.41, 5.74) is 2.99. The van der Waals surface area contributed by atoms with Crippen LogP contribution in [0.1, 0.15) is 18.4 Å². The van der Waals surface area contributed by atoms with Gasteiger partial charge in [-0.25, -0.2) is 9.07 Å². The minimum atomic E-state index is -0.354. The van der Waals surface area contributed by atoms with Gasteiger partial charge in [0.05, 0.1) is 18.9 Å². The lowest BCUT2D eigenvalue weighted by molar-refractivity contribution is 0.0793. The number of halogens is 1. The molecule has 0 amide bonds. The SMILES string of the molecule is COc1ccc(-c2nn(-c3ccccc3)cc2CN2CCC(O)CC2)c(F)c1. The van der Waals surface area contributed by atoms with Crippen molar-refractivity contribution in [3.63, 3.8) is 0 Å². The largest absolute Gasteiger partial charge is 0.497 e. The van der Waals surface area contributed by atoms with E-state index in [9.17, 15) is 9.50 Å². The minimum Gasteiger partial charge on any atom is -0.497 e. The zero-order valence-corrected chi connectivity index (χ0v) is 15.9. The van der Waals surface area contributed by atoms with E-state index in [4.69, 9.17) is 9.84 Å². The Morgan fingerprint density at radius 3 is 2.57 bits per heavy atom. The molecule has 0 saturated carbocycles. The molecule has 0 radical (unpaired) electrons. The second-order valence-electron chi connectivity index (χ2n) is 7.14. The fourth-order valence-corrected chi connectivity index (χ4v) is 3.60. The normalized spacial score (nSPS) is 15.7. The Balaban J connectivity index is 1.72. The van der Waals surface area contributed by atoms with E-state index in [1.54, 1.807) is 16.8 Å². The van der Waals surface area contributed by atoms with Crippen molar-refractivity contribution in [3.05, 3.63) is 66.1 Å². The average Bonchev–Trinajstić information content (AvgIpc) is 3.13. The highest BCUT2D eigenvalue weighted by molar-refractivity contribution is 5.65. The van der Waals surface area contributed by atoms with Crippen LogP contribution in [0.15, 0.2) is 54.7 Å². The predicted octanol–water partition coefficient (Wildman–Crippen LogP) is 3.64. The van der Waals surface area contributed by atoms with Crippen LogP contribution in [-0.4, -0.2) is 46.1 Å². The summed E-state index contributed by atoms with van der Waals surface area (Å²) in [5.74, 6) is 0.128. The minimum absolute atomic E-state index is 0.221. The number of rotatable bonds is 5. The van der Waals surface area contributed by atoms with Gasteiger partial charge in [-0.05, 0) is 37.1 Å². The van der Waals surface area contributed by atoms with Crippen LogP contribution in [0.3, 0.4) is 0 Å². The molecule has 0 unspecified atom stereocenters. The van der Waals surface area contributed by atoms with Crippen LogP contribution in [0.2, 0.25) is 0 Å². The molecule has 2 heterocycles. The summed E-state index contributed by atoms with van der Waals surface area (Å²) in [6.07, 6.45) is 3.28. The predicted molar refractivity (Wildman–Crippen MR) is 106 cm³/mol. The van der Waals surface area contributed by atoms with Crippen molar-refractivity contribution in [2.75, 3.05) is 20.2 Å². The van der Waals surface area contributed by atoms with E-state index in [2.05, 4.69) is 4.90 Å². The average molecular weight is 381 g/mol. The monoisotopic (exact) mass is 381 g/mol. The number of para-hydroxylation sites is 1. The molecule has 4 rings (SSSR count). The molecule has 3 aromatic rings. The molecule has 0 aliphatic carbocycles. The maximum absolute atomic E-state index is 14.8. The third-order valence-corrected chi connectivity index (χ3v) is 5.19. The third kappa shape index (κ3) is 3.93. The van der Waals surface area contributed by atoms with E-state index in [-0.39, 0.29) is 11.9 Å². The fourth-order valence-electron chi connectivity index (χ4n) is 3.60. The van der Waals surface area contributed by atoms with Crippen molar-refractivity contribution in [1.82, 2.24) is 14.7 Å². The number of aromatic nitrogens is 2. The number of hydrogen-bond donors (Lipinski definition) is 1. The molecule has 1 saturated heterocycles. The van der Waals surface area contributed by atoms with Gasteiger partial charge >= 0.3 is 0 Å². The standard InChI is InChI=1S/C22H24FN3O2/c1-28-19-7-8-20(21(23)13-19)22-16(14-25-11-9-18(27)10-12-25)15-26(24-22)17-5-3-2-4-6-17/h2-8,13,15,18,27H,9-12,14H2,1H3. The van der Waals surface area contributed by atoms with Crippen molar-refractivity contribution >= 4 is 0 Å². The molecule has 1 aliphatic heterocycles. The van der Waals surface area contributed by atoms with Gasteiger partial charge in [-0.1, -0.05) is 18.2 Å². The van der Waals surface area contributed by atoms with Crippen LogP contribution in [0.5, 0.6) is 5.75 Å². The van der Waals surface area contributed by atoms with Crippen molar-refractivity contribution in [2.45, 2.75) is 25.5 Å². The number of methoxy groups -OCH3 is 1. The number of hydrogen-bond acceptors (Lipinski definition) is 4. The Bertz CT molecular complexity index is 934. The summed E-state index contributed by atoms with van der Waals surface area (Å²) in [6, 6.07) is 14.7. The molecule has 1 aromatic heterocycles. The van der Waals surface area contributed by atoms with E-state index < -0.39 is 0 Å². The van der Waals surface area contributed by atoms with Gasteiger partial charge in [-0.2, -0.15) is 5.10 Å². The molecule has 28 heavy (non-hydrogen) atoms. The number of benzene rings is 2. The highest BCUT2D eigenvalue weighted by Crippen LogP contribution is 2.30. The Labute approximate surface area is 164 Å². The van der Waals surface area contributed by atoms with Gasteiger partial charge in [0.25, 0.3) is 0 Å². The van der Waals surface area contributed by atoms with E-state index in [0.717, 1.165) is 37.2 Å². The Kier molecular flexibility index (Phi) is 5.41. The van der Waals surface area contributed by atoms with E-state index in [0.29, 0.717) is 23.6 Å². The molecule has 0 atom stereocenters. The van der Waals surface area contributed by atoms with Crippen LogP contribution < -0.4 is 4.74 Å². The molecule has 1 aliphatic rings. The van der Waals surface area contributed by atoms with Crippen molar-refractivity contribution in [3.8, 4) is 22.7 Å². The van der Waals surface area contributed by atoms with Gasteiger partial charge in [0.15, 0.2) is 0 Å². The third-order valence-electron chi connectivity index (χ3n) is 5.19. The number of aliphatic hydroxyl groups excluding tert-OH is 1.